The minimum Gasteiger partial charge on any atom is -0.345 e. The molecule has 4 heterocycles. The first-order chi connectivity index (χ1) is 14.6. The van der Waals surface area contributed by atoms with Gasteiger partial charge in [-0.3, -0.25) is 4.68 Å². The summed E-state index contributed by atoms with van der Waals surface area (Å²) < 4.78 is 7.46. The highest BCUT2D eigenvalue weighted by atomic mass is 35.5. The Balaban J connectivity index is 1.42. The predicted octanol–water partition coefficient (Wildman–Crippen LogP) is 4.75. The molecule has 0 atom stereocenters. The molecule has 4 aromatic heterocycles. The fourth-order valence-corrected chi connectivity index (χ4v) is 4.34. The zero-order valence-corrected chi connectivity index (χ0v) is 16.9. The Hall–Kier alpha value is -3.45. The molecule has 0 radical (unpaired) electrons. The summed E-state index contributed by atoms with van der Waals surface area (Å²) >= 11 is 6.45. The predicted molar refractivity (Wildman–Crippen MR) is 113 cm³/mol. The minimum absolute atomic E-state index is 0.259. The maximum atomic E-state index is 6.45. The van der Waals surface area contributed by atoms with Crippen molar-refractivity contribution in [2.45, 2.75) is 18.3 Å². The Morgan fingerprint density at radius 2 is 2.03 bits per heavy atom. The number of rotatable bonds is 4. The first-order valence-electron chi connectivity index (χ1n) is 9.70. The third-order valence-electron chi connectivity index (χ3n) is 5.79. The Bertz CT molecular complexity index is 1390. The van der Waals surface area contributed by atoms with Gasteiger partial charge in [0.2, 0.25) is 0 Å². The summed E-state index contributed by atoms with van der Waals surface area (Å²) in [5, 5.41) is 10.2. The molecule has 0 bridgehead atoms. The van der Waals surface area contributed by atoms with Gasteiger partial charge in [0.05, 0.1) is 17.2 Å². The van der Waals surface area contributed by atoms with E-state index in [1.54, 1.807) is 4.68 Å². The number of hydrogen-bond acceptors (Lipinski definition) is 5. The number of hydrogen-bond donors (Lipinski definition) is 1. The van der Waals surface area contributed by atoms with Gasteiger partial charge in [0.1, 0.15) is 5.65 Å². The van der Waals surface area contributed by atoms with Gasteiger partial charge in [-0.15, -0.1) is 0 Å². The molecule has 1 N–H and O–H groups in total. The first kappa shape index (κ1) is 17.4. The van der Waals surface area contributed by atoms with Crippen molar-refractivity contribution in [1.82, 2.24) is 29.9 Å². The second kappa shape index (κ2) is 6.27. The molecule has 1 fully saturated rings. The first-order valence-corrected chi connectivity index (χ1v) is 10.1. The van der Waals surface area contributed by atoms with Gasteiger partial charge in [0.25, 0.3) is 5.89 Å². The molecule has 7 nitrogen and oxygen atoms in total. The summed E-state index contributed by atoms with van der Waals surface area (Å²) in [6.45, 7) is 0. The molecule has 1 aliphatic carbocycles. The molecule has 1 aromatic carbocycles. The summed E-state index contributed by atoms with van der Waals surface area (Å²) in [5.41, 5.74) is 4.37. The van der Waals surface area contributed by atoms with Gasteiger partial charge in [-0.25, -0.2) is 4.98 Å². The normalized spacial score (nSPS) is 15.0. The Morgan fingerprint density at radius 1 is 1.17 bits per heavy atom. The van der Waals surface area contributed by atoms with Gasteiger partial charge >= 0.3 is 0 Å². The molecule has 30 heavy (non-hydrogen) atoms. The van der Waals surface area contributed by atoms with Crippen LogP contribution in [0.3, 0.4) is 0 Å². The van der Waals surface area contributed by atoms with E-state index in [0.717, 1.165) is 51.2 Å². The van der Waals surface area contributed by atoms with Crippen LogP contribution < -0.4 is 0 Å². The highest BCUT2D eigenvalue weighted by Crippen LogP contribution is 2.54. The van der Waals surface area contributed by atoms with Crippen molar-refractivity contribution in [2.24, 2.45) is 7.05 Å². The van der Waals surface area contributed by atoms with E-state index >= 15 is 0 Å². The summed E-state index contributed by atoms with van der Waals surface area (Å²) in [7, 11) is 1.89. The molecule has 0 spiro atoms. The van der Waals surface area contributed by atoms with Crippen molar-refractivity contribution in [1.29, 1.82) is 0 Å². The molecule has 6 rings (SSSR count). The van der Waals surface area contributed by atoms with Crippen LogP contribution in [0.25, 0.3) is 33.6 Å². The zero-order chi connectivity index (χ0) is 20.3. The monoisotopic (exact) mass is 416 g/mol. The fourth-order valence-electron chi connectivity index (χ4n) is 4.02. The Kier molecular flexibility index (Phi) is 3.64. The number of nitrogens with zero attached hydrogens (tertiary/aromatic N) is 5. The lowest BCUT2D eigenvalue weighted by atomic mass is 9.95. The van der Waals surface area contributed by atoms with E-state index in [2.05, 4.69) is 26.3 Å². The van der Waals surface area contributed by atoms with Gasteiger partial charge in [-0.2, -0.15) is 10.1 Å². The Labute approximate surface area is 176 Å². The fraction of sp³-hybridized carbons (Fsp3) is 0.182. The average Bonchev–Trinajstić information content (AvgIpc) is 3.11. The minimum atomic E-state index is -0.259. The van der Waals surface area contributed by atoms with E-state index in [0.29, 0.717) is 11.7 Å². The number of fused-ring (bicyclic) bond motifs is 1. The molecule has 8 heteroatoms. The van der Waals surface area contributed by atoms with Crippen LogP contribution in [0.4, 0.5) is 0 Å². The highest BCUT2D eigenvalue weighted by Gasteiger charge is 2.51. The maximum absolute atomic E-state index is 6.45. The number of benzene rings is 1. The van der Waals surface area contributed by atoms with Gasteiger partial charge in [-0.05, 0) is 30.5 Å². The molecular weight excluding hydrogens is 400 g/mol. The highest BCUT2D eigenvalue weighted by molar-refractivity contribution is 6.31. The van der Waals surface area contributed by atoms with Crippen LogP contribution in [-0.2, 0) is 12.5 Å². The number of H-pyrrole nitrogens is 1. The molecule has 0 amide bonds. The summed E-state index contributed by atoms with van der Waals surface area (Å²) in [6, 6.07) is 9.94. The van der Waals surface area contributed by atoms with E-state index in [1.807, 2.05) is 56.1 Å². The number of aromatic nitrogens is 6. The number of halogens is 1. The number of pyridine rings is 1. The number of aromatic amines is 1. The summed E-state index contributed by atoms with van der Waals surface area (Å²) in [4.78, 5) is 12.5. The van der Waals surface area contributed by atoms with Gasteiger partial charge in [0, 0.05) is 47.2 Å². The van der Waals surface area contributed by atoms with Crippen LogP contribution in [0.5, 0.6) is 0 Å². The second-order valence-electron chi connectivity index (χ2n) is 7.71. The SMILES string of the molecule is Cn1cc(-c2cnc3[nH]cc(-c4nc(C5(c6ccccc6Cl)CC5)no4)c3c2)cn1. The largest absolute Gasteiger partial charge is 0.345 e. The topological polar surface area (TPSA) is 85.4 Å². The molecule has 1 aliphatic rings. The van der Waals surface area contributed by atoms with Crippen molar-refractivity contribution in [3.8, 4) is 22.6 Å². The smallest absolute Gasteiger partial charge is 0.260 e. The zero-order valence-electron chi connectivity index (χ0n) is 16.1. The van der Waals surface area contributed by atoms with E-state index in [1.165, 1.54) is 0 Å². The molecule has 0 saturated heterocycles. The third-order valence-corrected chi connectivity index (χ3v) is 6.12. The van der Waals surface area contributed by atoms with E-state index < -0.39 is 0 Å². The van der Waals surface area contributed by atoms with Crippen LogP contribution in [0.15, 0.2) is 59.6 Å². The van der Waals surface area contributed by atoms with Crippen LogP contribution in [0.2, 0.25) is 5.02 Å². The number of nitrogens with one attached hydrogen (secondary N) is 1. The number of aryl methyl sites for hydroxylation is 1. The van der Waals surface area contributed by atoms with Crippen LogP contribution in [0.1, 0.15) is 24.2 Å². The van der Waals surface area contributed by atoms with Crippen molar-refractivity contribution < 1.29 is 4.52 Å². The average molecular weight is 417 g/mol. The van der Waals surface area contributed by atoms with Gasteiger partial charge in [0.15, 0.2) is 5.82 Å². The van der Waals surface area contributed by atoms with Crippen molar-refractivity contribution in [2.75, 3.05) is 0 Å². The van der Waals surface area contributed by atoms with E-state index in [-0.39, 0.29) is 5.41 Å². The molecule has 0 unspecified atom stereocenters. The van der Waals surface area contributed by atoms with E-state index in [4.69, 9.17) is 21.1 Å². The Morgan fingerprint density at radius 3 is 2.80 bits per heavy atom. The molecule has 5 aromatic rings. The van der Waals surface area contributed by atoms with Crippen molar-refractivity contribution in [3.63, 3.8) is 0 Å². The third kappa shape index (κ3) is 2.59. The summed E-state index contributed by atoms with van der Waals surface area (Å²) in [5.74, 6) is 1.15. The van der Waals surface area contributed by atoms with E-state index in [9.17, 15) is 0 Å². The lowest BCUT2D eigenvalue weighted by Gasteiger charge is -2.12. The van der Waals surface area contributed by atoms with Crippen molar-refractivity contribution >= 4 is 22.6 Å². The quantitative estimate of drug-likeness (QED) is 0.457. The van der Waals surface area contributed by atoms with Crippen LogP contribution in [-0.4, -0.2) is 29.9 Å². The van der Waals surface area contributed by atoms with Crippen LogP contribution in [0, 0.1) is 0 Å². The molecule has 148 valence electrons. The van der Waals surface area contributed by atoms with Gasteiger partial charge < -0.3 is 9.51 Å². The van der Waals surface area contributed by atoms with Crippen molar-refractivity contribution in [3.05, 3.63) is 71.5 Å². The lowest BCUT2D eigenvalue weighted by molar-refractivity contribution is 0.418. The standard InChI is InChI=1S/C22H17ClN6O/c1-29-12-14(10-26-29)13-8-15-16(11-25-19(15)24-9-13)20-27-21(28-30-20)22(6-7-22)17-4-2-3-5-18(17)23/h2-5,8-12H,6-7H2,1H3,(H,24,25). The lowest BCUT2D eigenvalue weighted by Crippen LogP contribution is -2.11. The second-order valence-corrected chi connectivity index (χ2v) is 8.12. The molecular formula is C22H17ClN6O. The maximum Gasteiger partial charge on any atom is 0.260 e. The van der Waals surface area contributed by atoms with Gasteiger partial charge in [-0.1, -0.05) is 35.0 Å². The van der Waals surface area contributed by atoms with Crippen LogP contribution >= 0.6 is 11.6 Å². The summed E-state index contributed by atoms with van der Waals surface area (Å²) in [6.07, 6.45) is 9.37. The molecule has 0 aliphatic heterocycles. The molecule has 1 saturated carbocycles.